The number of carbonyl (C=O) groups is 2. The fourth-order valence-electron chi connectivity index (χ4n) is 2.65. The van der Waals surface area contributed by atoms with Gasteiger partial charge in [0, 0.05) is 6.20 Å². The highest BCUT2D eigenvalue weighted by atomic mass is 127. The van der Waals surface area contributed by atoms with E-state index in [9.17, 15) is 9.59 Å². The summed E-state index contributed by atoms with van der Waals surface area (Å²) in [5.41, 5.74) is 2.46. The molecule has 2 aromatic heterocycles. The van der Waals surface area contributed by atoms with Crippen LogP contribution in [-0.2, 0) is 6.54 Å². The van der Waals surface area contributed by atoms with Crippen LogP contribution in [0.1, 0.15) is 26.4 Å². The summed E-state index contributed by atoms with van der Waals surface area (Å²) in [4.78, 5) is 30.6. The molecule has 0 unspecified atom stereocenters. The lowest BCUT2D eigenvalue weighted by Gasteiger charge is -2.12. The fraction of sp³-hybridized carbons (Fsp3) is 0.0625. The van der Waals surface area contributed by atoms with Gasteiger partial charge >= 0.3 is 0 Å². The maximum atomic E-state index is 12.4. The van der Waals surface area contributed by atoms with Gasteiger partial charge in [0.05, 0.1) is 23.4 Å². The van der Waals surface area contributed by atoms with Gasteiger partial charge in [0.25, 0.3) is 11.8 Å². The molecular formula is C16H10IN3O2. The average Bonchev–Trinajstić information content (AvgIpc) is 2.99. The number of hydrogen-bond donors (Lipinski definition) is 0. The zero-order valence-electron chi connectivity index (χ0n) is 11.4. The van der Waals surface area contributed by atoms with Gasteiger partial charge in [-0.05, 0) is 46.9 Å². The fourth-order valence-corrected chi connectivity index (χ4v) is 3.35. The number of benzene rings is 1. The van der Waals surface area contributed by atoms with E-state index < -0.39 is 0 Å². The van der Waals surface area contributed by atoms with Gasteiger partial charge < -0.3 is 0 Å². The summed E-state index contributed by atoms with van der Waals surface area (Å²) in [6.07, 6.45) is 1.91. The molecule has 4 rings (SSSR count). The number of carbonyl (C=O) groups excluding carboxylic acids is 2. The van der Waals surface area contributed by atoms with Crippen LogP contribution in [-0.4, -0.2) is 26.1 Å². The molecule has 0 fully saturated rings. The first-order valence-corrected chi connectivity index (χ1v) is 7.81. The third kappa shape index (κ3) is 1.87. The van der Waals surface area contributed by atoms with Crippen molar-refractivity contribution in [1.29, 1.82) is 0 Å². The molecule has 0 aliphatic carbocycles. The number of amides is 2. The van der Waals surface area contributed by atoms with E-state index in [1.165, 1.54) is 4.90 Å². The largest absolute Gasteiger partial charge is 0.295 e. The third-order valence-corrected chi connectivity index (χ3v) is 4.87. The van der Waals surface area contributed by atoms with E-state index in [0.717, 1.165) is 15.0 Å². The molecule has 22 heavy (non-hydrogen) atoms. The highest BCUT2D eigenvalue weighted by Gasteiger charge is 2.35. The van der Waals surface area contributed by atoms with Crippen LogP contribution < -0.4 is 0 Å². The number of imidazole rings is 1. The van der Waals surface area contributed by atoms with Crippen molar-refractivity contribution in [3.8, 4) is 0 Å². The molecule has 0 atom stereocenters. The molecule has 3 aromatic rings. The van der Waals surface area contributed by atoms with E-state index in [-0.39, 0.29) is 18.4 Å². The van der Waals surface area contributed by atoms with Crippen molar-refractivity contribution < 1.29 is 9.59 Å². The van der Waals surface area contributed by atoms with Gasteiger partial charge in [-0.2, -0.15) is 0 Å². The van der Waals surface area contributed by atoms with Crippen molar-refractivity contribution >= 4 is 40.1 Å². The summed E-state index contributed by atoms with van der Waals surface area (Å²) in [5.74, 6) is -0.512. The number of rotatable bonds is 2. The molecule has 0 radical (unpaired) electrons. The second kappa shape index (κ2) is 4.91. The van der Waals surface area contributed by atoms with Crippen LogP contribution in [0.5, 0.6) is 0 Å². The smallest absolute Gasteiger partial charge is 0.261 e. The standard InChI is InChI=1S/C16H10IN3O2/c17-14-12(18-13-7-3-4-8-19(13)14)9-20-15(21)10-5-1-2-6-11(10)16(20)22/h1-8H,9H2. The van der Waals surface area contributed by atoms with E-state index in [0.29, 0.717) is 11.1 Å². The van der Waals surface area contributed by atoms with Crippen LogP contribution in [0.4, 0.5) is 0 Å². The van der Waals surface area contributed by atoms with Crippen molar-refractivity contribution in [3.05, 3.63) is 69.2 Å². The van der Waals surface area contributed by atoms with E-state index in [1.54, 1.807) is 24.3 Å². The summed E-state index contributed by atoms with van der Waals surface area (Å²) in [6.45, 7) is 0.187. The molecule has 2 amide bonds. The predicted molar refractivity (Wildman–Crippen MR) is 88.6 cm³/mol. The maximum absolute atomic E-state index is 12.4. The lowest BCUT2D eigenvalue weighted by atomic mass is 10.1. The molecule has 108 valence electrons. The number of aromatic nitrogens is 2. The summed E-state index contributed by atoms with van der Waals surface area (Å²) in [6, 6.07) is 12.6. The topological polar surface area (TPSA) is 54.7 Å². The Morgan fingerprint density at radius 3 is 2.23 bits per heavy atom. The molecule has 1 aliphatic heterocycles. The van der Waals surface area contributed by atoms with Gasteiger partial charge in [-0.25, -0.2) is 4.98 Å². The van der Waals surface area contributed by atoms with Gasteiger partial charge in [-0.3, -0.25) is 18.9 Å². The number of pyridine rings is 1. The summed E-state index contributed by atoms with van der Waals surface area (Å²) >= 11 is 2.19. The Hall–Kier alpha value is -2.22. The maximum Gasteiger partial charge on any atom is 0.261 e. The normalized spacial score (nSPS) is 14.0. The number of imide groups is 1. The summed E-state index contributed by atoms with van der Waals surface area (Å²) in [7, 11) is 0. The van der Waals surface area contributed by atoms with Gasteiger partial charge in [-0.15, -0.1) is 0 Å². The van der Waals surface area contributed by atoms with Gasteiger partial charge in [0.15, 0.2) is 0 Å². The summed E-state index contributed by atoms with van der Waals surface area (Å²) in [5, 5.41) is 0. The Morgan fingerprint density at radius 1 is 0.955 bits per heavy atom. The minimum atomic E-state index is -0.256. The van der Waals surface area contributed by atoms with Crippen LogP contribution in [0.15, 0.2) is 48.7 Å². The van der Waals surface area contributed by atoms with Gasteiger partial charge in [-0.1, -0.05) is 18.2 Å². The Kier molecular flexibility index (Phi) is 3.00. The number of hydrogen-bond acceptors (Lipinski definition) is 3. The molecule has 0 spiro atoms. The third-order valence-electron chi connectivity index (χ3n) is 3.72. The Morgan fingerprint density at radius 2 is 1.59 bits per heavy atom. The zero-order valence-corrected chi connectivity index (χ0v) is 13.5. The molecule has 5 nitrogen and oxygen atoms in total. The van der Waals surface area contributed by atoms with Gasteiger partial charge in [0.2, 0.25) is 0 Å². The van der Waals surface area contributed by atoms with E-state index in [2.05, 4.69) is 27.6 Å². The van der Waals surface area contributed by atoms with Crippen LogP contribution in [0.25, 0.3) is 5.65 Å². The SMILES string of the molecule is O=C1c2ccccc2C(=O)N1Cc1nc2ccccn2c1I. The minimum absolute atomic E-state index is 0.187. The second-order valence-electron chi connectivity index (χ2n) is 5.02. The molecule has 1 aliphatic rings. The van der Waals surface area contributed by atoms with E-state index in [1.807, 2.05) is 28.8 Å². The Bertz CT molecular complexity index is 897. The lowest BCUT2D eigenvalue weighted by molar-refractivity contribution is 0.0640. The average molecular weight is 403 g/mol. The van der Waals surface area contributed by atoms with Crippen LogP contribution in [0.3, 0.4) is 0 Å². The van der Waals surface area contributed by atoms with Crippen molar-refractivity contribution in [3.63, 3.8) is 0 Å². The molecule has 6 heteroatoms. The molecule has 0 saturated heterocycles. The lowest BCUT2D eigenvalue weighted by Crippen LogP contribution is -2.29. The Labute approximate surface area is 139 Å². The molecule has 3 heterocycles. The number of fused-ring (bicyclic) bond motifs is 2. The van der Waals surface area contributed by atoms with Crippen molar-refractivity contribution in [2.24, 2.45) is 0 Å². The number of nitrogens with zero attached hydrogens (tertiary/aromatic N) is 3. The highest BCUT2D eigenvalue weighted by Crippen LogP contribution is 2.25. The minimum Gasteiger partial charge on any atom is -0.295 e. The quantitative estimate of drug-likeness (QED) is 0.489. The molecule has 0 saturated carbocycles. The van der Waals surface area contributed by atoms with E-state index in [4.69, 9.17) is 0 Å². The second-order valence-corrected chi connectivity index (χ2v) is 6.04. The van der Waals surface area contributed by atoms with Crippen molar-refractivity contribution in [1.82, 2.24) is 14.3 Å². The molecule has 0 bridgehead atoms. The van der Waals surface area contributed by atoms with E-state index >= 15 is 0 Å². The summed E-state index contributed by atoms with van der Waals surface area (Å²) < 4.78 is 2.85. The van der Waals surface area contributed by atoms with Crippen molar-refractivity contribution in [2.75, 3.05) is 0 Å². The predicted octanol–water partition coefficient (Wildman–Crippen LogP) is 2.74. The first-order valence-electron chi connectivity index (χ1n) is 6.73. The monoisotopic (exact) mass is 403 g/mol. The molecule has 1 aromatic carbocycles. The van der Waals surface area contributed by atoms with Gasteiger partial charge in [0.1, 0.15) is 9.35 Å². The van der Waals surface area contributed by atoms with Crippen LogP contribution >= 0.6 is 22.6 Å². The highest BCUT2D eigenvalue weighted by molar-refractivity contribution is 14.1. The van der Waals surface area contributed by atoms with Crippen LogP contribution in [0.2, 0.25) is 0 Å². The zero-order chi connectivity index (χ0) is 15.3. The molecular weight excluding hydrogens is 393 g/mol. The molecule has 0 N–H and O–H groups in total. The first-order chi connectivity index (χ1) is 10.7. The van der Waals surface area contributed by atoms with Crippen LogP contribution in [0, 0.1) is 3.70 Å². The number of halogens is 1. The Balaban J connectivity index is 1.74. The van der Waals surface area contributed by atoms with Crippen molar-refractivity contribution in [2.45, 2.75) is 6.54 Å². The first kappa shape index (κ1) is 13.4.